The Morgan fingerprint density at radius 1 is 1.05 bits per heavy atom. The summed E-state index contributed by atoms with van der Waals surface area (Å²) in [5.74, 6) is 0.0586. The van der Waals surface area contributed by atoms with Gasteiger partial charge in [0.05, 0.1) is 24.3 Å². The molecule has 1 aromatic carbocycles. The van der Waals surface area contributed by atoms with Crippen molar-refractivity contribution in [1.82, 2.24) is 0 Å². The molecule has 0 amide bonds. The second-order valence-corrected chi connectivity index (χ2v) is 4.89. The minimum atomic E-state index is -0.379. The molecule has 0 spiro atoms. The maximum absolute atomic E-state index is 11.8. The largest absolute Gasteiger partial charge is 0.462 e. The van der Waals surface area contributed by atoms with E-state index in [9.17, 15) is 9.59 Å². The summed E-state index contributed by atoms with van der Waals surface area (Å²) >= 11 is 1.50. The molecule has 5 heteroatoms. The van der Waals surface area contributed by atoms with Gasteiger partial charge in [0.15, 0.2) is 0 Å². The molecule has 0 atom stereocenters. The number of benzene rings is 1. The van der Waals surface area contributed by atoms with Crippen molar-refractivity contribution in [2.75, 3.05) is 19.0 Å². The molecule has 1 aromatic rings. The van der Waals surface area contributed by atoms with Gasteiger partial charge in [-0.25, -0.2) is 9.59 Å². The van der Waals surface area contributed by atoms with Gasteiger partial charge in [-0.2, -0.15) is 0 Å². The van der Waals surface area contributed by atoms with Crippen molar-refractivity contribution < 1.29 is 19.1 Å². The number of esters is 2. The monoisotopic (exact) mass is 282 g/mol. The Bertz CT molecular complexity index is 457. The van der Waals surface area contributed by atoms with E-state index in [0.29, 0.717) is 24.3 Å². The fourth-order valence-corrected chi connectivity index (χ4v) is 2.34. The summed E-state index contributed by atoms with van der Waals surface area (Å²) in [6, 6.07) is 4.88. The summed E-state index contributed by atoms with van der Waals surface area (Å²) in [4.78, 5) is 24.2. The van der Waals surface area contributed by atoms with Crippen molar-refractivity contribution in [2.45, 2.75) is 25.7 Å². The highest BCUT2D eigenvalue weighted by Crippen LogP contribution is 2.25. The van der Waals surface area contributed by atoms with E-state index in [1.165, 1.54) is 11.8 Å². The lowest BCUT2D eigenvalue weighted by atomic mass is 10.1. The fraction of sp³-hybridized carbons (Fsp3) is 0.429. The van der Waals surface area contributed by atoms with E-state index in [0.717, 1.165) is 10.6 Å². The van der Waals surface area contributed by atoms with Gasteiger partial charge >= 0.3 is 11.9 Å². The van der Waals surface area contributed by atoms with E-state index in [1.807, 2.05) is 6.92 Å². The van der Waals surface area contributed by atoms with Gasteiger partial charge < -0.3 is 9.47 Å². The first-order valence-corrected chi connectivity index (χ1v) is 7.23. The highest BCUT2D eigenvalue weighted by molar-refractivity contribution is 7.99. The standard InChI is InChI=1S/C14H18O4S/c1-4-17-13(15)10-7-8-11(14(16)18-5-2)12(9-10)19-6-3/h7-9H,4-6H2,1-3H3. The SMILES string of the molecule is CCOC(=O)c1ccc(C(=O)OCC)c(SCC)c1. The number of carbonyl (C=O) groups is 2. The van der Waals surface area contributed by atoms with Gasteiger partial charge in [-0.3, -0.25) is 0 Å². The fourth-order valence-electron chi connectivity index (χ4n) is 1.52. The van der Waals surface area contributed by atoms with Crippen molar-refractivity contribution in [3.63, 3.8) is 0 Å². The lowest BCUT2D eigenvalue weighted by Gasteiger charge is -2.09. The number of hydrogen-bond acceptors (Lipinski definition) is 5. The molecule has 0 N–H and O–H groups in total. The van der Waals surface area contributed by atoms with Gasteiger partial charge in [0.25, 0.3) is 0 Å². The Labute approximate surface area is 117 Å². The Balaban J connectivity index is 3.06. The number of thioether (sulfide) groups is 1. The lowest BCUT2D eigenvalue weighted by molar-refractivity contribution is 0.0508. The van der Waals surface area contributed by atoms with Gasteiger partial charge in [-0.15, -0.1) is 11.8 Å². The topological polar surface area (TPSA) is 52.6 Å². The molecule has 0 aliphatic rings. The summed E-state index contributed by atoms with van der Waals surface area (Å²) in [7, 11) is 0. The first-order valence-electron chi connectivity index (χ1n) is 6.25. The van der Waals surface area contributed by atoms with Crippen LogP contribution in [0.1, 0.15) is 41.5 Å². The van der Waals surface area contributed by atoms with Crippen molar-refractivity contribution in [1.29, 1.82) is 0 Å². The third kappa shape index (κ3) is 4.28. The minimum absolute atomic E-state index is 0.328. The lowest BCUT2D eigenvalue weighted by Crippen LogP contribution is -2.09. The molecule has 0 saturated carbocycles. The van der Waals surface area contributed by atoms with Gasteiger partial charge in [0, 0.05) is 4.90 Å². The van der Waals surface area contributed by atoms with E-state index < -0.39 is 0 Å². The predicted octanol–water partition coefficient (Wildman–Crippen LogP) is 3.15. The average Bonchev–Trinajstić information content (AvgIpc) is 2.39. The molecule has 0 bridgehead atoms. The van der Waals surface area contributed by atoms with Gasteiger partial charge in [0.2, 0.25) is 0 Å². The Morgan fingerprint density at radius 2 is 1.68 bits per heavy atom. The van der Waals surface area contributed by atoms with Crippen LogP contribution in [0, 0.1) is 0 Å². The normalized spacial score (nSPS) is 10.1. The molecule has 0 radical (unpaired) electrons. The number of ether oxygens (including phenoxy) is 2. The molecule has 0 aliphatic carbocycles. The minimum Gasteiger partial charge on any atom is -0.462 e. The smallest absolute Gasteiger partial charge is 0.339 e. The third-order valence-electron chi connectivity index (χ3n) is 2.29. The molecule has 4 nitrogen and oxygen atoms in total. The maximum atomic E-state index is 11.8. The Hall–Kier alpha value is -1.49. The summed E-state index contributed by atoms with van der Waals surface area (Å²) < 4.78 is 9.94. The van der Waals surface area contributed by atoms with E-state index in [4.69, 9.17) is 9.47 Å². The van der Waals surface area contributed by atoms with Crippen LogP contribution in [0.25, 0.3) is 0 Å². The number of rotatable bonds is 6. The van der Waals surface area contributed by atoms with Crippen LogP contribution >= 0.6 is 11.8 Å². The second kappa shape index (κ2) is 7.84. The second-order valence-electron chi connectivity index (χ2n) is 3.58. The molecule has 0 saturated heterocycles. The molecule has 0 aromatic heterocycles. The Morgan fingerprint density at radius 3 is 2.26 bits per heavy atom. The van der Waals surface area contributed by atoms with Crippen LogP contribution in [-0.2, 0) is 9.47 Å². The zero-order valence-electron chi connectivity index (χ0n) is 11.4. The van der Waals surface area contributed by atoms with Crippen LogP contribution in [0.2, 0.25) is 0 Å². The first kappa shape index (κ1) is 15.6. The number of hydrogen-bond donors (Lipinski definition) is 0. The van der Waals surface area contributed by atoms with E-state index >= 15 is 0 Å². The van der Waals surface area contributed by atoms with Gasteiger partial charge in [0.1, 0.15) is 0 Å². The summed E-state index contributed by atoms with van der Waals surface area (Å²) in [5.41, 5.74) is 0.938. The predicted molar refractivity (Wildman–Crippen MR) is 74.8 cm³/mol. The zero-order chi connectivity index (χ0) is 14.3. The average molecular weight is 282 g/mol. The van der Waals surface area contributed by atoms with Crippen LogP contribution in [0.5, 0.6) is 0 Å². The molecular weight excluding hydrogens is 264 g/mol. The van der Waals surface area contributed by atoms with Crippen LogP contribution in [0.15, 0.2) is 23.1 Å². The van der Waals surface area contributed by atoms with Crippen molar-refractivity contribution in [3.8, 4) is 0 Å². The van der Waals surface area contributed by atoms with E-state index in [2.05, 4.69) is 0 Å². The van der Waals surface area contributed by atoms with Gasteiger partial charge in [-0.1, -0.05) is 6.92 Å². The number of carbonyl (C=O) groups excluding carboxylic acids is 2. The summed E-state index contributed by atoms with van der Waals surface area (Å²) in [5, 5.41) is 0. The quantitative estimate of drug-likeness (QED) is 0.592. The first-order chi connectivity index (χ1) is 9.13. The Kier molecular flexibility index (Phi) is 6.42. The van der Waals surface area contributed by atoms with Gasteiger partial charge in [-0.05, 0) is 37.8 Å². The van der Waals surface area contributed by atoms with Crippen molar-refractivity contribution in [2.24, 2.45) is 0 Å². The van der Waals surface area contributed by atoms with Crippen LogP contribution < -0.4 is 0 Å². The molecular formula is C14H18O4S. The summed E-state index contributed by atoms with van der Waals surface area (Å²) in [6.45, 7) is 6.16. The molecule has 0 aliphatic heterocycles. The van der Waals surface area contributed by atoms with Crippen LogP contribution in [-0.4, -0.2) is 30.9 Å². The molecule has 0 fully saturated rings. The zero-order valence-corrected chi connectivity index (χ0v) is 12.2. The maximum Gasteiger partial charge on any atom is 0.339 e. The molecule has 104 valence electrons. The molecule has 0 heterocycles. The van der Waals surface area contributed by atoms with Crippen LogP contribution in [0.4, 0.5) is 0 Å². The highest BCUT2D eigenvalue weighted by atomic mass is 32.2. The molecule has 1 rings (SSSR count). The highest BCUT2D eigenvalue weighted by Gasteiger charge is 2.16. The van der Waals surface area contributed by atoms with Crippen molar-refractivity contribution in [3.05, 3.63) is 29.3 Å². The van der Waals surface area contributed by atoms with E-state index in [1.54, 1.807) is 32.0 Å². The third-order valence-corrected chi connectivity index (χ3v) is 3.23. The summed E-state index contributed by atoms with van der Waals surface area (Å²) in [6.07, 6.45) is 0. The van der Waals surface area contributed by atoms with Crippen LogP contribution in [0.3, 0.4) is 0 Å². The van der Waals surface area contributed by atoms with Crippen molar-refractivity contribution >= 4 is 23.7 Å². The molecule has 0 unspecified atom stereocenters. The van der Waals surface area contributed by atoms with E-state index in [-0.39, 0.29) is 11.9 Å². The molecule has 19 heavy (non-hydrogen) atoms.